The van der Waals surface area contributed by atoms with E-state index in [1.165, 1.54) is 11.1 Å². The smallest absolute Gasteiger partial charge is 0.140 e. The maximum Gasteiger partial charge on any atom is 0.140 e. The lowest BCUT2D eigenvalue weighted by atomic mass is 10.0. The van der Waals surface area contributed by atoms with Crippen LogP contribution in [0.4, 0.5) is 5.82 Å². The van der Waals surface area contributed by atoms with Crippen molar-refractivity contribution in [3.63, 3.8) is 0 Å². The Bertz CT molecular complexity index is 582. The van der Waals surface area contributed by atoms with Crippen LogP contribution in [0, 0.1) is 6.92 Å². The molecule has 0 fully saturated rings. The number of nitrogen functional groups attached to an aromatic ring is 1. The average molecular weight is 271 g/mol. The van der Waals surface area contributed by atoms with Crippen molar-refractivity contribution in [2.45, 2.75) is 33.3 Å². The minimum Gasteiger partial charge on any atom is -0.489 e. The van der Waals surface area contributed by atoms with E-state index in [9.17, 15) is 0 Å². The van der Waals surface area contributed by atoms with Crippen LogP contribution in [0.25, 0.3) is 0 Å². The third kappa shape index (κ3) is 3.48. The van der Waals surface area contributed by atoms with Crippen LogP contribution in [-0.2, 0) is 6.61 Å². The van der Waals surface area contributed by atoms with Crippen LogP contribution in [0.15, 0.2) is 36.5 Å². The summed E-state index contributed by atoms with van der Waals surface area (Å²) >= 11 is 0. The molecule has 0 amide bonds. The number of benzene rings is 1. The molecule has 2 rings (SSSR count). The molecule has 0 aliphatic heterocycles. The predicted octanol–water partition coefficient (Wildman–Crippen LogP) is 3.38. The third-order valence-electron chi connectivity index (χ3n) is 3.16. The minimum atomic E-state index is 0.435. The Balaban J connectivity index is 2.15. The number of hydrazine groups is 1. The Morgan fingerprint density at radius 2 is 2.05 bits per heavy atom. The van der Waals surface area contributed by atoms with Crippen molar-refractivity contribution in [3.05, 3.63) is 53.2 Å². The number of aryl methyl sites for hydroxylation is 1. The number of aromatic nitrogens is 1. The second-order valence-electron chi connectivity index (χ2n) is 5.18. The van der Waals surface area contributed by atoms with E-state index in [4.69, 9.17) is 10.6 Å². The molecule has 0 aliphatic carbocycles. The lowest BCUT2D eigenvalue weighted by Gasteiger charge is -2.15. The molecule has 0 saturated heterocycles. The molecule has 0 aliphatic rings. The number of nitrogens with one attached hydrogen (secondary N) is 1. The van der Waals surface area contributed by atoms with E-state index in [1.807, 2.05) is 12.1 Å². The molecule has 20 heavy (non-hydrogen) atoms. The first-order valence-electron chi connectivity index (χ1n) is 6.75. The van der Waals surface area contributed by atoms with E-state index in [1.54, 1.807) is 6.20 Å². The molecule has 3 N–H and O–H groups in total. The maximum absolute atomic E-state index is 5.97. The lowest BCUT2D eigenvalue weighted by Crippen LogP contribution is -2.09. The Morgan fingerprint density at radius 3 is 2.75 bits per heavy atom. The number of nitrogens with zero attached hydrogens (tertiary/aromatic N) is 1. The molecule has 4 heteroatoms. The van der Waals surface area contributed by atoms with E-state index in [0.29, 0.717) is 18.3 Å². The van der Waals surface area contributed by atoms with Crippen molar-refractivity contribution in [3.8, 4) is 5.75 Å². The van der Waals surface area contributed by atoms with E-state index >= 15 is 0 Å². The van der Waals surface area contributed by atoms with Gasteiger partial charge in [-0.25, -0.2) is 10.8 Å². The van der Waals surface area contributed by atoms with Crippen LogP contribution in [-0.4, -0.2) is 4.98 Å². The highest BCUT2D eigenvalue weighted by atomic mass is 16.5. The average Bonchev–Trinajstić information content (AvgIpc) is 2.45. The van der Waals surface area contributed by atoms with Crippen molar-refractivity contribution in [2.24, 2.45) is 5.84 Å². The van der Waals surface area contributed by atoms with Gasteiger partial charge in [-0.2, -0.15) is 0 Å². The number of hydrogen-bond acceptors (Lipinski definition) is 4. The fraction of sp³-hybridized carbons (Fsp3) is 0.312. The van der Waals surface area contributed by atoms with Gasteiger partial charge in [0.1, 0.15) is 18.2 Å². The van der Waals surface area contributed by atoms with Crippen molar-refractivity contribution < 1.29 is 4.74 Å². The van der Waals surface area contributed by atoms with Gasteiger partial charge in [0.05, 0.1) is 0 Å². The highest BCUT2D eigenvalue weighted by Crippen LogP contribution is 2.28. The number of pyridine rings is 1. The standard InChI is InChI=1S/C16H21N3O/c1-11(2)14-5-4-12(3)8-15(14)20-10-13-6-7-18-16(9-13)19-17/h4-9,11H,10,17H2,1-3H3,(H,18,19). The molecule has 1 aromatic heterocycles. The normalized spacial score (nSPS) is 10.7. The number of anilines is 1. The number of hydrogen-bond donors (Lipinski definition) is 2. The highest BCUT2D eigenvalue weighted by molar-refractivity contribution is 5.40. The van der Waals surface area contributed by atoms with Gasteiger partial charge in [0, 0.05) is 6.20 Å². The maximum atomic E-state index is 5.97. The first kappa shape index (κ1) is 14.3. The minimum absolute atomic E-state index is 0.435. The fourth-order valence-corrected chi connectivity index (χ4v) is 2.05. The first-order valence-corrected chi connectivity index (χ1v) is 6.75. The molecular weight excluding hydrogens is 250 g/mol. The SMILES string of the molecule is Cc1ccc(C(C)C)c(OCc2ccnc(NN)c2)c1. The topological polar surface area (TPSA) is 60.2 Å². The van der Waals surface area contributed by atoms with Crippen molar-refractivity contribution in [2.75, 3.05) is 5.43 Å². The van der Waals surface area contributed by atoms with Crippen LogP contribution in [0.3, 0.4) is 0 Å². The summed E-state index contributed by atoms with van der Waals surface area (Å²) in [5.41, 5.74) is 5.99. The molecular formula is C16H21N3O. The Labute approximate surface area is 120 Å². The van der Waals surface area contributed by atoms with E-state index < -0.39 is 0 Å². The quantitative estimate of drug-likeness (QED) is 0.646. The molecule has 0 bridgehead atoms. The van der Waals surface area contributed by atoms with E-state index in [-0.39, 0.29) is 0 Å². The summed E-state index contributed by atoms with van der Waals surface area (Å²) < 4.78 is 5.97. The van der Waals surface area contributed by atoms with Crippen LogP contribution < -0.4 is 16.0 Å². The zero-order valence-corrected chi connectivity index (χ0v) is 12.2. The molecule has 106 valence electrons. The van der Waals surface area contributed by atoms with Crippen molar-refractivity contribution in [1.29, 1.82) is 0 Å². The largest absolute Gasteiger partial charge is 0.489 e. The summed E-state index contributed by atoms with van der Waals surface area (Å²) in [5, 5.41) is 0. The number of ether oxygens (including phenoxy) is 1. The van der Waals surface area contributed by atoms with E-state index in [2.05, 4.69) is 49.4 Å². The number of rotatable bonds is 5. The summed E-state index contributed by atoms with van der Waals surface area (Å²) in [6.07, 6.45) is 1.72. The van der Waals surface area contributed by atoms with Gasteiger partial charge in [0.15, 0.2) is 0 Å². The molecule has 0 spiro atoms. The summed E-state index contributed by atoms with van der Waals surface area (Å²) in [4.78, 5) is 4.08. The van der Waals surface area contributed by atoms with Gasteiger partial charge in [0.2, 0.25) is 0 Å². The first-order chi connectivity index (χ1) is 9.60. The summed E-state index contributed by atoms with van der Waals surface area (Å²) in [6.45, 7) is 6.90. The van der Waals surface area contributed by atoms with E-state index in [0.717, 1.165) is 11.3 Å². The van der Waals surface area contributed by atoms with Gasteiger partial charge >= 0.3 is 0 Å². The van der Waals surface area contributed by atoms with Gasteiger partial charge < -0.3 is 10.2 Å². The van der Waals surface area contributed by atoms with Crippen molar-refractivity contribution in [1.82, 2.24) is 4.98 Å². The Kier molecular flexibility index (Phi) is 4.58. The molecule has 1 aromatic carbocycles. The molecule has 1 heterocycles. The zero-order chi connectivity index (χ0) is 14.5. The molecule has 0 atom stereocenters. The van der Waals surface area contributed by atoms with Crippen LogP contribution >= 0.6 is 0 Å². The second kappa shape index (κ2) is 6.39. The Morgan fingerprint density at radius 1 is 1.25 bits per heavy atom. The molecule has 0 unspecified atom stereocenters. The van der Waals surface area contributed by atoms with Gasteiger partial charge in [-0.3, -0.25) is 0 Å². The van der Waals surface area contributed by atoms with Crippen LogP contribution in [0.5, 0.6) is 5.75 Å². The summed E-state index contributed by atoms with van der Waals surface area (Å²) in [5.74, 6) is 7.37. The van der Waals surface area contributed by atoms with Gasteiger partial charge in [-0.05, 0) is 47.7 Å². The zero-order valence-electron chi connectivity index (χ0n) is 12.2. The Hall–Kier alpha value is -2.07. The highest BCUT2D eigenvalue weighted by Gasteiger charge is 2.08. The number of nitrogens with two attached hydrogens (primary N) is 1. The van der Waals surface area contributed by atoms with Crippen LogP contribution in [0.1, 0.15) is 36.5 Å². The van der Waals surface area contributed by atoms with Crippen LogP contribution in [0.2, 0.25) is 0 Å². The molecule has 2 aromatic rings. The summed E-state index contributed by atoms with van der Waals surface area (Å²) in [7, 11) is 0. The monoisotopic (exact) mass is 271 g/mol. The molecule has 0 saturated carbocycles. The lowest BCUT2D eigenvalue weighted by molar-refractivity contribution is 0.301. The van der Waals surface area contributed by atoms with Gasteiger partial charge in [-0.15, -0.1) is 0 Å². The molecule has 4 nitrogen and oxygen atoms in total. The summed E-state index contributed by atoms with van der Waals surface area (Å²) in [6, 6.07) is 10.1. The molecule has 0 radical (unpaired) electrons. The van der Waals surface area contributed by atoms with Gasteiger partial charge in [-0.1, -0.05) is 26.0 Å². The fourth-order valence-electron chi connectivity index (χ4n) is 2.05. The van der Waals surface area contributed by atoms with Crippen molar-refractivity contribution >= 4 is 5.82 Å². The predicted molar refractivity (Wildman–Crippen MR) is 81.6 cm³/mol. The second-order valence-corrected chi connectivity index (χ2v) is 5.18. The van der Waals surface area contributed by atoms with Gasteiger partial charge in [0.25, 0.3) is 0 Å². The third-order valence-corrected chi connectivity index (χ3v) is 3.16.